The maximum Gasteiger partial charge on any atom is 0.244 e. The molecular weight excluding hydrogens is 536 g/mol. The summed E-state index contributed by atoms with van der Waals surface area (Å²) >= 11 is 6.41. The summed E-state index contributed by atoms with van der Waals surface area (Å²) in [5, 5.41) is 3.39. The molecule has 1 aliphatic heterocycles. The van der Waals surface area contributed by atoms with Gasteiger partial charge in [-0.05, 0) is 44.2 Å². The van der Waals surface area contributed by atoms with Crippen molar-refractivity contribution >= 4 is 33.1 Å². The fraction of sp³-hybridized carbons (Fsp3) is 0.429. The summed E-state index contributed by atoms with van der Waals surface area (Å²) < 4.78 is 32.8. The van der Waals surface area contributed by atoms with Crippen molar-refractivity contribution in [3.05, 3.63) is 70.6 Å². The SMILES string of the molecule is CCOc1cc(CCN2CCN(C)CC2)ccc1Cc1ncc(Cl)c(Nc2ccccc2S(=O)(=O)N(C)C)n1. The number of anilines is 2. The van der Waals surface area contributed by atoms with Crippen molar-refractivity contribution < 1.29 is 13.2 Å². The molecule has 0 aliphatic carbocycles. The number of sulfonamides is 1. The smallest absolute Gasteiger partial charge is 0.244 e. The molecule has 0 radical (unpaired) electrons. The van der Waals surface area contributed by atoms with Gasteiger partial charge in [0.1, 0.15) is 21.5 Å². The average molecular weight is 573 g/mol. The molecule has 210 valence electrons. The molecule has 0 atom stereocenters. The minimum absolute atomic E-state index is 0.136. The van der Waals surface area contributed by atoms with Gasteiger partial charge in [-0.25, -0.2) is 22.7 Å². The largest absolute Gasteiger partial charge is 0.494 e. The first kappa shape index (κ1) is 29.2. The molecule has 3 aromatic rings. The first-order valence-electron chi connectivity index (χ1n) is 13.1. The van der Waals surface area contributed by atoms with Crippen LogP contribution in [0, 0.1) is 0 Å². The molecule has 11 heteroatoms. The second-order valence-electron chi connectivity index (χ2n) is 9.84. The molecule has 0 spiro atoms. The number of nitrogens with zero attached hydrogens (tertiary/aromatic N) is 5. The van der Waals surface area contributed by atoms with Crippen molar-refractivity contribution in [3.8, 4) is 5.75 Å². The van der Waals surface area contributed by atoms with E-state index in [1.165, 1.54) is 30.2 Å². The van der Waals surface area contributed by atoms with E-state index >= 15 is 0 Å². The number of ether oxygens (including phenoxy) is 1. The van der Waals surface area contributed by atoms with E-state index in [2.05, 4.69) is 50.3 Å². The summed E-state index contributed by atoms with van der Waals surface area (Å²) in [6, 6.07) is 13.0. The van der Waals surface area contributed by atoms with Crippen LogP contribution in [0.3, 0.4) is 0 Å². The Hall–Kier alpha value is -2.76. The van der Waals surface area contributed by atoms with E-state index in [9.17, 15) is 8.42 Å². The van der Waals surface area contributed by atoms with Gasteiger partial charge >= 0.3 is 0 Å². The van der Waals surface area contributed by atoms with Crippen molar-refractivity contribution in [1.82, 2.24) is 24.1 Å². The molecule has 0 unspecified atom stereocenters. The lowest BCUT2D eigenvalue weighted by molar-refractivity contribution is 0.155. The van der Waals surface area contributed by atoms with Crippen molar-refractivity contribution in [2.45, 2.75) is 24.7 Å². The molecular formula is C28H37ClN6O3S. The van der Waals surface area contributed by atoms with Crippen LogP contribution in [-0.2, 0) is 22.9 Å². The van der Waals surface area contributed by atoms with E-state index in [4.69, 9.17) is 16.3 Å². The van der Waals surface area contributed by atoms with Crippen LogP contribution in [0.1, 0.15) is 23.9 Å². The fourth-order valence-corrected chi connectivity index (χ4v) is 5.59. The van der Waals surface area contributed by atoms with Crippen molar-refractivity contribution in [2.24, 2.45) is 0 Å². The van der Waals surface area contributed by atoms with Gasteiger partial charge < -0.3 is 19.9 Å². The van der Waals surface area contributed by atoms with E-state index in [0.717, 1.165) is 50.5 Å². The number of para-hydroxylation sites is 1. The average Bonchev–Trinajstić information content (AvgIpc) is 2.92. The van der Waals surface area contributed by atoms with Crippen LogP contribution in [0.4, 0.5) is 11.5 Å². The standard InChI is InChI=1S/C28H37ClN6O3S/c1-5-38-25-18-21(12-13-35-16-14-34(4)15-17-35)10-11-22(25)19-27-30-20-23(29)28(32-27)31-24-8-6-7-9-26(24)39(36,37)33(2)3/h6-11,18,20H,5,12-17,19H2,1-4H3,(H,30,31,32). The van der Waals surface area contributed by atoms with E-state index in [-0.39, 0.29) is 4.90 Å². The predicted molar refractivity (Wildman–Crippen MR) is 156 cm³/mol. The minimum atomic E-state index is -3.67. The molecule has 0 saturated carbocycles. The van der Waals surface area contributed by atoms with Gasteiger partial charge in [-0.2, -0.15) is 0 Å². The van der Waals surface area contributed by atoms with E-state index in [0.29, 0.717) is 35.4 Å². The van der Waals surface area contributed by atoms with Gasteiger partial charge in [-0.15, -0.1) is 0 Å². The van der Waals surface area contributed by atoms with Gasteiger partial charge in [0.15, 0.2) is 5.82 Å². The van der Waals surface area contributed by atoms with Crippen molar-refractivity contribution in [2.75, 3.05) is 65.8 Å². The van der Waals surface area contributed by atoms with Gasteiger partial charge in [-0.1, -0.05) is 35.9 Å². The summed E-state index contributed by atoms with van der Waals surface area (Å²) in [6.07, 6.45) is 2.93. The number of nitrogens with one attached hydrogen (secondary N) is 1. The monoisotopic (exact) mass is 572 g/mol. The number of aromatic nitrogens is 2. The Morgan fingerprint density at radius 1 is 1.10 bits per heavy atom. The lowest BCUT2D eigenvalue weighted by Crippen LogP contribution is -2.45. The summed E-state index contributed by atoms with van der Waals surface area (Å²) in [5.74, 6) is 1.70. The molecule has 1 aliphatic rings. The lowest BCUT2D eigenvalue weighted by atomic mass is 10.0. The molecule has 1 saturated heterocycles. The zero-order valence-corrected chi connectivity index (χ0v) is 24.6. The summed E-state index contributed by atoms with van der Waals surface area (Å²) in [4.78, 5) is 14.1. The van der Waals surface area contributed by atoms with Crippen LogP contribution in [-0.4, -0.2) is 93.0 Å². The quantitative estimate of drug-likeness (QED) is 0.370. The number of hydrogen-bond donors (Lipinski definition) is 1. The van der Waals surface area contributed by atoms with Crippen LogP contribution in [0.25, 0.3) is 0 Å². The maximum absolute atomic E-state index is 12.8. The predicted octanol–water partition coefficient (Wildman–Crippen LogP) is 3.90. The van der Waals surface area contributed by atoms with Gasteiger partial charge in [0.25, 0.3) is 0 Å². The maximum atomic E-state index is 12.8. The zero-order valence-electron chi connectivity index (χ0n) is 23.0. The molecule has 1 N–H and O–H groups in total. The molecule has 4 rings (SSSR count). The van der Waals surface area contributed by atoms with Crippen LogP contribution in [0.5, 0.6) is 5.75 Å². The number of hydrogen-bond acceptors (Lipinski definition) is 8. The highest BCUT2D eigenvalue weighted by Gasteiger charge is 2.22. The number of rotatable bonds is 11. The summed E-state index contributed by atoms with van der Waals surface area (Å²) in [5.41, 5.74) is 2.60. The highest BCUT2D eigenvalue weighted by atomic mass is 35.5. The van der Waals surface area contributed by atoms with Crippen LogP contribution in [0.15, 0.2) is 53.6 Å². The highest BCUT2D eigenvalue weighted by Crippen LogP contribution is 2.30. The second-order valence-corrected chi connectivity index (χ2v) is 12.4. The third kappa shape index (κ3) is 7.46. The van der Waals surface area contributed by atoms with Gasteiger partial charge in [0, 0.05) is 58.8 Å². The number of piperazine rings is 1. The Labute approximate surface area is 236 Å². The Morgan fingerprint density at radius 3 is 2.56 bits per heavy atom. The van der Waals surface area contributed by atoms with Crippen LogP contribution in [0.2, 0.25) is 5.02 Å². The van der Waals surface area contributed by atoms with Gasteiger partial charge in [0.2, 0.25) is 10.0 Å². The molecule has 9 nitrogen and oxygen atoms in total. The van der Waals surface area contributed by atoms with Crippen molar-refractivity contribution in [1.29, 1.82) is 0 Å². The van der Waals surface area contributed by atoms with E-state index < -0.39 is 10.0 Å². The number of benzene rings is 2. The summed E-state index contributed by atoms with van der Waals surface area (Å²) in [6.45, 7) is 7.97. The van der Waals surface area contributed by atoms with Crippen LogP contribution >= 0.6 is 11.6 Å². The van der Waals surface area contributed by atoms with Crippen molar-refractivity contribution in [3.63, 3.8) is 0 Å². The summed E-state index contributed by atoms with van der Waals surface area (Å²) in [7, 11) is 1.49. The highest BCUT2D eigenvalue weighted by molar-refractivity contribution is 7.89. The Bertz CT molecular complexity index is 1380. The van der Waals surface area contributed by atoms with E-state index in [1.54, 1.807) is 24.3 Å². The molecule has 1 fully saturated rings. The molecule has 0 amide bonds. The lowest BCUT2D eigenvalue weighted by Gasteiger charge is -2.32. The topological polar surface area (TPSA) is 90.9 Å². The van der Waals surface area contributed by atoms with Crippen LogP contribution < -0.4 is 10.1 Å². The number of likely N-dealkylation sites (N-methyl/N-ethyl adjacent to an activating group) is 1. The molecule has 2 heterocycles. The Morgan fingerprint density at radius 2 is 1.85 bits per heavy atom. The van der Waals surface area contributed by atoms with E-state index in [1.807, 2.05) is 6.92 Å². The fourth-order valence-electron chi connectivity index (χ4n) is 4.41. The third-order valence-electron chi connectivity index (χ3n) is 6.79. The molecule has 0 bridgehead atoms. The zero-order chi connectivity index (χ0) is 28.0. The molecule has 1 aromatic heterocycles. The van der Waals surface area contributed by atoms with Gasteiger partial charge in [0.05, 0.1) is 18.5 Å². The van der Waals surface area contributed by atoms with Gasteiger partial charge in [-0.3, -0.25) is 0 Å². The first-order chi connectivity index (χ1) is 18.7. The molecule has 39 heavy (non-hydrogen) atoms. The second kappa shape index (κ2) is 13.1. The number of halogens is 1. The third-order valence-corrected chi connectivity index (χ3v) is 8.94. The Kier molecular flexibility index (Phi) is 9.79. The normalized spacial score (nSPS) is 15.0. The first-order valence-corrected chi connectivity index (χ1v) is 14.9. The Balaban J connectivity index is 1.52. The molecule has 2 aromatic carbocycles. The minimum Gasteiger partial charge on any atom is -0.494 e.